The summed E-state index contributed by atoms with van der Waals surface area (Å²) in [6.45, 7) is 17.7. The van der Waals surface area contributed by atoms with E-state index in [-0.39, 0.29) is 0 Å². The van der Waals surface area contributed by atoms with Crippen molar-refractivity contribution in [2.75, 3.05) is 46.3 Å². The lowest BCUT2D eigenvalue weighted by atomic mass is 10.0. The van der Waals surface area contributed by atoms with Crippen molar-refractivity contribution in [2.45, 2.75) is 66.0 Å². The number of likely N-dealkylation sites (N-methyl/N-ethyl adjacent to an activating group) is 1. The Kier molecular flexibility index (Phi) is 10.3. The van der Waals surface area contributed by atoms with Gasteiger partial charge in [-0.05, 0) is 40.2 Å². The molecule has 0 aromatic rings. The minimum absolute atomic E-state index is 0.473. The van der Waals surface area contributed by atoms with E-state index < -0.39 is 0 Å². The Bertz CT molecular complexity index is 348. The van der Waals surface area contributed by atoms with Crippen molar-refractivity contribution < 1.29 is 0 Å². The second-order valence-electron chi connectivity index (χ2n) is 7.78. The van der Waals surface area contributed by atoms with E-state index in [0.717, 1.165) is 38.1 Å². The molecule has 1 aliphatic heterocycles. The molecule has 5 nitrogen and oxygen atoms in total. The molecule has 0 aromatic carbocycles. The molecule has 0 bridgehead atoms. The van der Waals surface area contributed by atoms with Gasteiger partial charge in [0.2, 0.25) is 0 Å². The van der Waals surface area contributed by atoms with Crippen LogP contribution in [0.2, 0.25) is 0 Å². The van der Waals surface area contributed by atoms with E-state index in [9.17, 15) is 0 Å². The quantitative estimate of drug-likeness (QED) is 0.500. The standard InChI is InChI=1S/C19H41N5/c1-7-20-19(22-17(4)10-8-9-16(2)3)21-15-18(5)24-13-11-23(6)12-14-24/h16-18H,7-15H2,1-6H3,(H2,20,21,22). The maximum absolute atomic E-state index is 4.83. The average Bonchev–Trinajstić information content (AvgIpc) is 2.52. The first kappa shape index (κ1) is 21.2. The molecule has 2 unspecified atom stereocenters. The Balaban J connectivity index is 2.40. The zero-order valence-electron chi connectivity index (χ0n) is 16.9. The highest BCUT2D eigenvalue weighted by atomic mass is 15.3. The normalized spacial score (nSPS) is 20.2. The lowest BCUT2D eigenvalue weighted by molar-refractivity contribution is 0.122. The molecular weight excluding hydrogens is 298 g/mol. The van der Waals surface area contributed by atoms with Gasteiger partial charge in [-0.3, -0.25) is 9.89 Å². The fourth-order valence-electron chi connectivity index (χ4n) is 3.06. The Hall–Kier alpha value is -0.810. The minimum atomic E-state index is 0.473. The number of rotatable bonds is 9. The number of aliphatic imine (C=N–C) groups is 1. The molecule has 0 amide bonds. The minimum Gasteiger partial charge on any atom is -0.357 e. The number of nitrogens with zero attached hydrogens (tertiary/aromatic N) is 3. The summed E-state index contributed by atoms with van der Waals surface area (Å²) in [4.78, 5) is 9.78. The summed E-state index contributed by atoms with van der Waals surface area (Å²) in [5.74, 6) is 1.76. The molecule has 24 heavy (non-hydrogen) atoms. The number of hydrogen-bond acceptors (Lipinski definition) is 3. The van der Waals surface area contributed by atoms with Crippen molar-refractivity contribution in [3.63, 3.8) is 0 Å². The molecular formula is C19H41N5. The van der Waals surface area contributed by atoms with Crippen molar-refractivity contribution in [1.29, 1.82) is 0 Å². The number of piperazine rings is 1. The summed E-state index contributed by atoms with van der Waals surface area (Å²) in [5, 5.41) is 6.96. The molecule has 0 aliphatic carbocycles. The van der Waals surface area contributed by atoms with Crippen LogP contribution in [0.3, 0.4) is 0 Å². The number of guanidine groups is 1. The average molecular weight is 340 g/mol. The fraction of sp³-hybridized carbons (Fsp3) is 0.947. The van der Waals surface area contributed by atoms with E-state index in [2.05, 4.69) is 62.1 Å². The summed E-state index contributed by atoms with van der Waals surface area (Å²) >= 11 is 0. The van der Waals surface area contributed by atoms with Crippen LogP contribution < -0.4 is 10.6 Å². The van der Waals surface area contributed by atoms with Gasteiger partial charge in [0.1, 0.15) is 0 Å². The van der Waals surface area contributed by atoms with E-state index >= 15 is 0 Å². The van der Waals surface area contributed by atoms with Crippen LogP contribution in [0.4, 0.5) is 0 Å². The first-order chi connectivity index (χ1) is 11.4. The first-order valence-corrected chi connectivity index (χ1v) is 9.89. The van der Waals surface area contributed by atoms with Crippen LogP contribution in [-0.2, 0) is 0 Å². The smallest absolute Gasteiger partial charge is 0.191 e. The number of nitrogens with one attached hydrogen (secondary N) is 2. The summed E-state index contributed by atoms with van der Waals surface area (Å²) in [6.07, 6.45) is 3.79. The van der Waals surface area contributed by atoms with E-state index in [1.54, 1.807) is 0 Å². The third-order valence-corrected chi connectivity index (χ3v) is 4.82. The van der Waals surface area contributed by atoms with Crippen LogP contribution in [0, 0.1) is 5.92 Å². The Labute approximate surface area is 150 Å². The Morgan fingerprint density at radius 1 is 1.04 bits per heavy atom. The lowest BCUT2D eigenvalue weighted by Gasteiger charge is -2.36. The molecule has 0 aromatic heterocycles. The maximum atomic E-state index is 4.83. The molecule has 1 saturated heterocycles. The Morgan fingerprint density at radius 3 is 2.29 bits per heavy atom. The monoisotopic (exact) mass is 339 g/mol. The predicted molar refractivity (Wildman–Crippen MR) is 106 cm³/mol. The Morgan fingerprint density at radius 2 is 1.71 bits per heavy atom. The van der Waals surface area contributed by atoms with Gasteiger partial charge in [-0.2, -0.15) is 0 Å². The van der Waals surface area contributed by atoms with E-state index in [0.29, 0.717) is 12.1 Å². The molecule has 1 aliphatic rings. The van der Waals surface area contributed by atoms with Gasteiger partial charge < -0.3 is 15.5 Å². The third kappa shape index (κ3) is 8.88. The SMILES string of the molecule is CCNC(=NCC(C)N1CCN(C)CC1)NC(C)CCCC(C)C. The third-order valence-electron chi connectivity index (χ3n) is 4.82. The summed E-state index contributed by atoms with van der Waals surface area (Å²) in [7, 11) is 2.20. The maximum Gasteiger partial charge on any atom is 0.191 e. The molecule has 0 saturated carbocycles. The van der Waals surface area contributed by atoms with Gasteiger partial charge in [0.05, 0.1) is 6.54 Å². The van der Waals surface area contributed by atoms with Gasteiger partial charge >= 0.3 is 0 Å². The molecule has 2 N–H and O–H groups in total. The predicted octanol–water partition coefficient (Wildman–Crippen LogP) is 2.39. The topological polar surface area (TPSA) is 42.9 Å². The second kappa shape index (κ2) is 11.7. The van der Waals surface area contributed by atoms with Crippen LogP contribution >= 0.6 is 0 Å². The van der Waals surface area contributed by atoms with Gasteiger partial charge in [-0.1, -0.05) is 26.7 Å². The van der Waals surface area contributed by atoms with Gasteiger partial charge in [-0.15, -0.1) is 0 Å². The van der Waals surface area contributed by atoms with Crippen LogP contribution in [0.1, 0.15) is 53.9 Å². The molecule has 0 spiro atoms. The highest BCUT2D eigenvalue weighted by molar-refractivity contribution is 5.80. The molecule has 2 atom stereocenters. The summed E-state index contributed by atoms with van der Waals surface area (Å²) < 4.78 is 0. The molecule has 142 valence electrons. The van der Waals surface area contributed by atoms with E-state index in [1.807, 2.05) is 0 Å². The fourth-order valence-corrected chi connectivity index (χ4v) is 3.06. The van der Waals surface area contributed by atoms with Crippen LogP contribution in [0.25, 0.3) is 0 Å². The van der Waals surface area contributed by atoms with Gasteiger partial charge in [0.15, 0.2) is 5.96 Å². The highest BCUT2D eigenvalue weighted by Crippen LogP contribution is 2.08. The van der Waals surface area contributed by atoms with Crippen LogP contribution in [-0.4, -0.2) is 74.2 Å². The lowest BCUT2D eigenvalue weighted by Crippen LogP contribution is -2.49. The van der Waals surface area contributed by atoms with Crippen molar-refractivity contribution in [3.8, 4) is 0 Å². The van der Waals surface area contributed by atoms with Crippen molar-refractivity contribution in [3.05, 3.63) is 0 Å². The van der Waals surface area contributed by atoms with Crippen LogP contribution in [0.5, 0.6) is 0 Å². The van der Waals surface area contributed by atoms with Crippen LogP contribution in [0.15, 0.2) is 4.99 Å². The van der Waals surface area contributed by atoms with E-state index in [4.69, 9.17) is 4.99 Å². The van der Waals surface area contributed by atoms with Crippen molar-refractivity contribution in [2.24, 2.45) is 10.9 Å². The van der Waals surface area contributed by atoms with Crippen molar-refractivity contribution >= 4 is 5.96 Å². The van der Waals surface area contributed by atoms with Crippen molar-refractivity contribution in [1.82, 2.24) is 20.4 Å². The van der Waals surface area contributed by atoms with E-state index in [1.165, 1.54) is 32.4 Å². The largest absolute Gasteiger partial charge is 0.357 e. The van der Waals surface area contributed by atoms with Gasteiger partial charge in [-0.25, -0.2) is 0 Å². The molecule has 0 radical (unpaired) electrons. The molecule has 1 fully saturated rings. The summed E-state index contributed by atoms with van der Waals surface area (Å²) in [5.41, 5.74) is 0. The molecule has 1 rings (SSSR count). The second-order valence-corrected chi connectivity index (χ2v) is 7.78. The zero-order valence-corrected chi connectivity index (χ0v) is 16.9. The molecule has 5 heteroatoms. The zero-order chi connectivity index (χ0) is 17.9. The van der Waals surface area contributed by atoms with Gasteiger partial charge in [0.25, 0.3) is 0 Å². The van der Waals surface area contributed by atoms with Gasteiger partial charge in [0, 0.05) is 44.8 Å². The summed E-state index contributed by atoms with van der Waals surface area (Å²) in [6, 6.07) is 0.978. The highest BCUT2D eigenvalue weighted by Gasteiger charge is 2.18. The number of hydrogen-bond donors (Lipinski definition) is 2. The molecule has 1 heterocycles. The first-order valence-electron chi connectivity index (χ1n) is 9.89.